The van der Waals surface area contributed by atoms with E-state index in [4.69, 9.17) is 0 Å². The number of rotatable bonds is 3. The zero-order valence-electron chi connectivity index (χ0n) is 9.08. The highest BCUT2D eigenvalue weighted by atomic mass is 16.2. The summed E-state index contributed by atoms with van der Waals surface area (Å²) < 4.78 is 0. The van der Waals surface area contributed by atoms with Crippen molar-refractivity contribution in [3.8, 4) is 0 Å². The summed E-state index contributed by atoms with van der Waals surface area (Å²) in [4.78, 5) is 13.4. The zero-order chi connectivity index (χ0) is 10.6. The maximum absolute atomic E-state index is 11.7. The Morgan fingerprint density at radius 2 is 1.79 bits per heavy atom. The molecule has 0 N–H and O–H groups in total. The van der Waals surface area contributed by atoms with Crippen LogP contribution in [0, 0.1) is 0 Å². The smallest absolute Gasteiger partial charge is 0.253 e. The predicted molar refractivity (Wildman–Crippen MR) is 58.5 cm³/mol. The average Bonchev–Trinajstić information content (AvgIpc) is 2.27. The largest absolute Gasteiger partial charge is 0.342 e. The van der Waals surface area contributed by atoms with Crippen molar-refractivity contribution in [2.75, 3.05) is 13.6 Å². The van der Waals surface area contributed by atoms with Crippen molar-refractivity contribution in [1.29, 1.82) is 0 Å². The summed E-state index contributed by atoms with van der Waals surface area (Å²) in [5, 5.41) is 0. The van der Waals surface area contributed by atoms with E-state index in [1.54, 1.807) is 4.90 Å². The topological polar surface area (TPSA) is 20.3 Å². The van der Waals surface area contributed by atoms with Gasteiger partial charge in [0.2, 0.25) is 0 Å². The first-order chi connectivity index (χ1) is 6.69. The Morgan fingerprint density at radius 3 is 2.21 bits per heavy atom. The van der Waals surface area contributed by atoms with Gasteiger partial charge in [0.25, 0.3) is 5.91 Å². The molecule has 0 radical (unpaired) electrons. The molecule has 0 saturated carbocycles. The lowest BCUT2D eigenvalue weighted by Crippen LogP contribution is -2.26. The number of amides is 1. The molecule has 0 aliphatic carbocycles. The van der Waals surface area contributed by atoms with Crippen LogP contribution in [-0.2, 0) is 6.42 Å². The molecule has 0 aromatic heterocycles. The minimum Gasteiger partial charge on any atom is -0.342 e. The molecular formula is C12H17NO. The van der Waals surface area contributed by atoms with Gasteiger partial charge in [-0.1, -0.05) is 19.1 Å². The van der Waals surface area contributed by atoms with Gasteiger partial charge in [-0.05, 0) is 31.0 Å². The molecule has 1 amide bonds. The Morgan fingerprint density at radius 1 is 1.21 bits per heavy atom. The zero-order valence-corrected chi connectivity index (χ0v) is 9.08. The molecule has 0 saturated heterocycles. The van der Waals surface area contributed by atoms with Gasteiger partial charge >= 0.3 is 0 Å². The first kappa shape index (κ1) is 10.8. The normalized spacial score (nSPS) is 9.93. The van der Waals surface area contributed by atoms with Gasteiger partial charge in [0.05, 0.1) is 0 Å². The fraction of sp³-hybridized carbons (Fsp3) is 0.417. The van der Waals surface area contributed by atoms with Crippen molar-refractivity contribution >= 4 is 5.91 Å². The summed E-state index contributed by atoms with van der Waals surface area (Å²) in [6, 6.07) is 7.81. The summed E-state index contributed by atoms with van der Waals surface area (Å²) >= 11 is 0. The quantitative estimate of drug-likeness (QED) is 0.718. The highest BCUT2D eigenvalue weighted by molar-refractivity contribution is 5.94. The lowest BCUT2D eigenvalue weighted by atomic mass is 10.1. The molecule has 0 heterocycles. The van der Waals surface area contributed by atoms with E-state index in [2.05, 4.69) is 6.92 Å². The van der Waals surface area contributed by atoms with Gasteiger partial charge in [-0.3, -0.25) is 4.79 Å². The average molecular weight is 191 g/mol. The maximum Gasteiger partial charge on any atom is 0.253 e. The minimum atomic E-state index is 0.0927. The highest BCUT2D eigenvalue weighted by Gasteiger charge is 2.08. The maximum atomic E-state index is 11.7. The van der Waals surface area contributed by atoms with Gasteiger partial charge in [-0.15, -0.1) is 0 Å². The molecule has 0 unspecified atom stereocenters. The second-order valence-electron chi connectivity index (χ2n) is 3.37. The third-order valence-electron chi connectivity index (χ3n) is 2.43. The fourth-order valence-electron chi connectivity index (χ4n) is 1.25. The molecule has 0 fully saturated rings. The summed E-state index contributed by atoms with van der Waals surface area (Å²) in [7, 11) is 1.82. The van der Waals surface area contributed by atoms with Crippen molar-refractivity contribution in [3.05, 3.63) is 35.4 Å². The van der Waals surface area contributed by atoms with Crippen LogP contribution in [0.4, 0.5) is 0 Å². The van der Waals surface area contributed by atoms with Gasteiger partial charge in [0.15, 0.2) is 0 Å². The summed E-state index contributed by atoms with van der Waals surface area (Å²) in [5.41, 5.74) is 2.03. The number of hydrogen-bond donors (Lipinski definition) is 0. The number of carbonyl (C=O) groups excluding carboxylic acids is 1. The third-order valence-corrected chi connectivity index (χ3v) is 2.43. The molecule has 14 heavy (non-hydrogen) atoms. The highest BCUT2D eigenvalue weighted by Crippen LogP contribution is 2.07. The summed E-state index contributed by atoms with van der Waals surface area (Å²) in [5.74, 6) is 0.0927. The van der Waals surface area contributed by atoms with Crippen LogP contribution in [-0.4, -0.2) is 24.4 Å². The van der Waals surface area contributed by atoms with Crippen LogP contribution in [0.5, 0.6) is 0 Å². The Labute approximate surface area is 85.5 Å². The van der Waals surface area contributed by atoms with Gasteiger partial charge in [-0.25, -0.2) is 0 Å². The van der Waals surface area contributed by atoms with Crippen LogP contribution < -0.4 is 0 Å². The molecule has 0 bridgehead atoms. The van der Waals surface area contributed by atoms with Gasteiger partial charge in [-0.2, -0.15) is 0 Å². The van der Waals surface area contributed by atoms with Gasteiger partial charge in [0, 0.05) is 19.2 Å². The van der Waals surface area contributed by atoms with E-state index in [9.17, 15) is 4.79 Å². The molecule has 1 aromatic carbocycles. The molecule has 2 heteroatoms. The Balaban J connectivity index is 2.81. The molecule has 1 aromatic rings. The number of nitrogens with zero attached hydrogens (tertiary/aromatic N) is 1. The second kappa shape index (κ2) is 4.80. The van der Waals surface area contributed by atoms with Crippen LogP contribution in [0.3, 0.4) is 0 Å². The second-order valence-corrected chi connectivity index (χ2v) is 3.37. The van der Waals surface area contributed by atoms with Crippen LogP contribution in [0.15, 0.2) is 24.3 Å². The summed E-state index contributed by atoms with van der Waals surface area (Å²) in [6.07, 6.45) is 1.01. The van der Waals surface area contributed by atoms with Crippen molar-refractivity contribution < 1.29 is 4.79 Å². The van der Waals surface area contributed by atoms with Gasteiger partial charge < -0.3 is 4.90 Å². The Kier molecular flexibility index (Phi) is 3.69. The van der Waals surface area contributed by atoms with Crippen molar-refractivity contribution in [3.63, 3.8) is 0 Å². The first-order valence-electron chi connectivity index (χ1n) is 5.03. The van der Waals surface area contributed by atoms with Crippen molar-refractivity contribution in [1.82, 2.24) is 4.90 Å². The molecule has 0 aliphatic heterocycles. The minimum absolute atomic E-state index is 0.0927. The van der Waals surface area contributed by atoms with E-state index in [1.165, 1.54) is 5.56 Å². The van der Waals surface area contributed by atoms with E-state index in [0.717, 1.165) is 18.5 Å². The molecule has 0 spiro atoms. The molecule has 2 nitrogen and oxygen atoms in total. The molecule has 0 atom stereocenters. The standard InChI is InChI=1S/C12H17NO/c1-4-10-6-8-11(9-7-10)12(14)13(3)5-2/h6-9H,4-5H2,1-3H3. The number of benzene rings is 1. The first-order valence-corrected chi connectivity index (χ1v) is 5.03. The van der Waals surface area contributed by atoms with E-state index in [-0.39, 0.29) is 5.91 Å². The predicted octanol–water partition coefficient (Wildman–Crippen LogP) is 2.34. The fourth-order valence-corrected chi connectivity index (χ4v) is 1.25. The number of aryl methyl sites for hydroxylation is 1. The Bertz CT molecular complexity index is 303. The van der Waals surface area contributed by atoms with Crippen molar-refractivity contribution in [2.45, 2.75) is 20.3 Å². The molecule has 76 valence electrons. The van der Waals surface area contributed by atoms with E-state index >= 15 is 0 Å². The van der Waals surface area contributed by atoms with Crippen LogP contribution in [0.2, 0.25) is 0 Å². The van der Waals surface area contributed by atoms with Gasteiger partial charge in [0.1, 0.15) is 0 Å². The monoisotopic (exact) mass is 191 g/mol. The number of carbonyl (C=O) groups is 1. The van der Waals surface area contributed by atoms with Crippen LogP contribution in [0.25, 0.3) is 0 Å². The Hall–Kier alpha value is -1.31. The SMILES string of the molecule is CCc1ccc(C(=O)N(C)CC)cc1. The lowest BCUT2D eigenvalue weighted by molar-refractivity contribution is 0.0802. The lowest BCUT2D eigenvalue weighted by Gasteiger charge is -2.14. The van der Waals surface area contributed by atoms with E-state index < -0.39 is 0 Å². The molecule has 0 aliphatic rings. The molecule has 1 rings (SSSR count). The van der Waals surface area contributed by atoms with Crippen LogP contribution >= 0.6 is 0 Å². The summed E-state index contributed by atoms with van der Waals surface area (Å²) in [6.45, 7) is 4.82. The number of hydrogen-bond acceptors (Lipinski definition) is 1. The van der Waals surface area contributed by atoms with E-state index in [0.29, 0.717) is 0 Å². The van der Waals surface area contributed by atoms with Crippen molar-refractivity contribution in [2.24, 2.45) is 0 Å². The van der Waals surface area contributed by atoms with Crippen LogP contribution in [0.1, 0.15) is 29.8 Å². The molecular weight excluding hydrogens is 174 g/mol. The third kappa shape index (κ3) is 2.34. The van der Waals surface area contributed by atoms with E-state index in [1.807, 2.05) is 38.2 Å².